The smallest absolute Gasteiger partial charge is 0.210 e. The van der Waals surface area contributed by atoms with E-state index in [2.05, 4.69) is 22.1 Å². The molecule has 0 bridgehead atoms. The van der Waals surface area contributed by atoms with Crippen LogP contribution in [0.3, 0.4) is 0 Å². The molecule has 0 atom stereocenters. The fraction of sp³-hybridized carbons (Fsp3) is 0.429. The van der Waals surface area contributed by atoms with E-state index >= 15 is 0 Å². The fourth-order valence-electron chi connectivity index (χ4n) is 0.878. The lowest BCUT2D eigenvalue weighted by Crippen LogP contribution is -2.29. The van der Waals surface area contributed by atoms with Crippen LogP contribution in [0.15, 0.2) is 28.1 Å². The highest BCUT2D eigenvalue weighted by Crippen LogP contribution is 2.16. The summed E-state index contributed by atoms with van der Waals surface area (Å²) in [5.74, 6) is 0.752. The molecule has 13 heavy (non-hydrogen) atoms. The van der Waals surface area contributed by atoms with Crippen molar-refractivity contribution in [3.05, 3.63) is 17.6 Å². The zero-order valence-corrected chi connectivity index (χ0v) is 8.12. The molecule has 1 rings (SSSR count). The SMILES string of the molecule is C=CCN1N=C(C)CS/C1=N/N=O. The molecule has 1 aliphatic heterocycles. The van der Waals surface area contributed by atoms with Gasteiger partial charge in [0, 0.05) is 11.5 Å². The predicted molar refractivity (Wildman–Crippen MR) is 55.7 cm³/mol. The number of nitrogens with zero attached hydrogens (tertiary/aromatic N) is 4. The van der Waals surface area contributed by atoms with Crippen molar-refractivity contribution in [3.8, 4) is 0 Å². The van der Waals surface area contributed by atoms with E-state index in [9.17, 15) is 4.91 Å². The van der Waals surface area contributed by atoms with Crippen LogP contribution in [0.25, 0.3) is 0 Å². The third-order valence-electron chi connectivity index (χ3n) is 1.35. The average Bonchev–Trinajstić information content (AvgIpc) is 2.10. The molecule has 0 fully saturated rings. The topological polar surface area (TPSA) is 57.4 Å². The maximum absolute atomic E-state index is 9.95. The molecular formula is C7H10N4OS. The van der Waals surface area contributed by atoms with Gasteiger partial charge in [-0.2, -0.15) is 5.10 Å². The Morgan fingerprint density at radius 2 is 2.62 bits per heavy atom. The van der Waals surface area contributed by atoms with Crippen LogP contribution in [-0.2, 0) is 0 Å². The Morgan fingerprint density at radius 1 is 1.85 bits per heavy atom. The second-order valence-corrected chi connectivity index (χ2v) is 3.40. The van der Waals surface area contributed by atoms with Gasteiger partial charge in [0.15, 0.2) is 0 Å². The van der Waals surface area contributed by atoms with Gasteiger partial charge in [0.1, 0.15) is 0 Å². The van der Waals surface area contributed by atoms with E-state index in [1.807, 2.05) is 6.92 Å². The molecule has 0 radical (unpaired) electrons. The third kappa shape index (κ3) is 2.66. The van der Waals surface area contributed by atoms with Crippen molar-refractivity contribution in [2.24, 2.45) is 15.5 Å². The summed E-state index contributed by atoms with van der Waals surface area (Å²) in [5, 5.41) is 12.3. The molecule has 5 nitrogen and oxygen atoms in total. The van der Waals surface area contributed by atoms with E-state index in [0.29, 0.717) is 11.7 Å². The predicted octanol–water partition coefficient (Wildman–Crippen LogP) is 1.63. The van der Waals surface area contributed by atoms with Crippen LogP contribution >= 0.6 is 11.8 Å². The first-order chi connectivity index (χ1) is 6.27. The summed E-state index contributed by atoms with van der Waals surface area (Å²) in [6, 6.07) is 0. The minimum atomic E-state index is 0.528. The second kappa shape index (κ2) is 4.76. The zero-order valence-electron chi connectivity index (χ0n) is 7.30. The lowest BCUT2D eigenvalue weighted by molar-refractivity contribution is 0.500. The van der Waals surface area contributed by atoms with Crippen LogP contribution in [0, 0.1) is 4.91 Å². The lowest BCUT2D eigenvalue weighted by atomic mass is 10.5. The first-order valence-corrected chi connectivity index (χ1v) is 4.72. The Morgan fingerprint density at radius 3 is 3.23 bits per heavy atom. The quantitative estimate of drug-likeness (QED) is 0.393. The number of thioether (sulfide) groups is 1. The molecule has 0 N–H and O–H groups in total. The van der Waals surface area contributed by atoms with Gasteiger partial charge in [-0.15, -0.1) is 11.5 Å². The summed E-state index contributed by atoms with van der Waals surface area (Å²) in [7, 11) is 0. The lowest BCUT2D eigenvalue weighted by Gasteiger charge is -2.22. The minimum absolute atomic E-state index is 0.528. The van der Waals surface area contributed by atoms with Gasteiger partial charge in [0.25, 0.3) is 0 Å². The van der Waals surface area contributed by atoms with Crippen LogP contribution in [0.4, 0.5) is 0 Å². The van der Waals surface area contributed by atoms with Crippen molar-refractivity contribution in [1.82, 2.24) is 5.01 Å². The summed E-state index contributed by atoms with van der Waals surface area (Å²) >= 11 is 1.45. The standard InChI is InChI=1S/C7H10N4OS/c1-3-4-11-7(8-10-12)13-5-6(2)9-11/h3H,1,4-5H2,2H3/b8-7+. The van der Waals surface area contributed by atoms with Gasteiger partial charge in [0.2, 0.25) is 5.17 Å². The number of amidine groups is 1. The summed E-state index contributed by atoms with van der Waals surface area (Å²) in [4.78, 5) is 9.95. The Kier molecular flexibility index (Phi) is 3.63. The zero-order chi connectivity index (χ0) is 9.68. The van der Waals surface area contributed by atoms with Crippen LogP contribution in [0.5, 0.6) is 0 Å². The molecule has 0 unspecified atom stereocenters. The van der Waals surface area contributed by atoms with E-state index < -0.39 is 0 Å². The van der Waals surface area contributed by atoms with Crippen molar-refractivity contribution in [2.45, 2.75) is 6.92 Å². The molecule has 0 aromatic heterocycles. The molecule has 0 aromatic carbocycles. The maximum Gasteiger partial charge on any atom is 0.210 e. The Bertz CT molecular complexity index is 274. The number of rotatable bonds is 3. The number of hydrazone groups is 1. The first-order valence-electron chi connectivity index (χ1n) is 3.73. The van der Waals surface area contributed by atoms with Crippen LogP contribution < -0.4 is 0 Å². The summed E-state index contributed by atoms with van der Waals surface area (Å²) in [6.07, 6.45) is 1.70. The second-order valence-electron chi connectivity index (χ2n) is 2.46. The third-order valence-corrected chi connectivity index (χ3v) is 2.46. The van der Waals surface area contributed by atoms with Crippen molar-refractivity contribution in [2.75, 3.05) is 12.3 Å². The molecule has 70 valence electrons. The normalized spacial score (nSPS) is 19.9. The van der Waals surface area contributed by atoms with Gasteiger partial charge in [0.05, 0.1) is 11.8 Å². The summed E-state index contributed by atoms with van der Waals surface area (Å²) in [6.45, 7) is 6.06. The van der Waals surface area contributed by atoms with Gasteiger partial charge >= 0.3 is 0 Å². The average molecular weight is 198 g/mol. The van der Waals surface area contributed by atoms with Gasteiger partial charge in [-0.25, -0.2) is 5.01 Å². The van der Waals surface area contributed by atoms with E-state index in [1.54, 1.807) is 11.1 Å². The molecule has 0 spiro atoms. The van der Waals surface area contributed by atoms with E-state index in [1.165, 1.54) is 11.8 Å². The largest absolute Gasteiger partial charge is 0.237 e. The molecule has 0 amide bonds. The molecule has 1 heterocycles. The molecule has 0 saturated carbocycles. The van der Waals surface area contributed by atoms with Crippen molar-refractivity contribution in [3.63, 3.8) is 0 Å². The van der Waals surface area contributed by atoms with Crippen molar-refractivity contribution in [1.29, 1.82) is 0 Å². The van der Waals surface area contributed by atoms with Crippen molar-refractivity contribution >= 4 is 22.6 Å². The van der Waals surface area contributed by atoms with E-state index in [-0.39, 0.29) is 0 Å². The van der Waals surface area contributed by atoms with Crippen LogP contribution in [0.2, 0.25) is 0 Å². The molecule has 0 saturated heterocycles. The van der Waals surface area contributed by atoms with Crippen LogP contribution in [0.1, 0.15) is 6.92 Å². The Balaban J connectivity index is 2.80. The molecule has 0 aromatic rings. The monoisotopic (exact) mass is 198 g/mol. The molecule has 0 aliphatic carbocycles. The van der Waals surface area contributed by atoms with Crippen molar-refractivity contribution < 1.29 is 0 Å². The first kappa shape index (κ1) is 9.91. The fourth-order valence-corrected chi connectivity index (χ4v) is 1.63. The summed E-state index contributed by atoms with van der Waals surface area (Å²) < 4.78 is 0. The Labute approximate surface area is 80.5 Å². The highest BCUT2D eigenvalue weighted by Gasteiger charge is 2.16. The summed E-state index contributed by atoms with van der Waals surface area (Å²) in [5.41, 5.74) is 0.997. The minimum Gasteiger partial charge on any atom is -0.237 e. The Hall–Kier alpha value is -1.17. The maximum atomic E-state index is 9.95. The van der Waals surface area contributed by atoms with Gasteiger partial charge in [-0.3, -0.25) is 0 Å². The number of hydrogen-bond acceptors (Lipinski definition) is 4. The molecule has 1 aliphatic rings. The number of hydrogen-bond donors (Lipinski definition) is 0. The van der Waals surface area contributed by atoms with Gasteiger partial charge < -0.3 is 0 Å². The number of nitroso groups, excluding NO2 is 1. The molecule has 6 heteroatoms. The van der Waals surface area contributed by atoms with Crippen LogP contribution in [-0.4, -0.2) is 28.2 Å². The van der Waals surface area contributed by atoms with Gasteiger partial charge in [-0.05, 0) is 6.92 Å². The van der Waals surface area contributed by atoms with Gasteiger partial charge in [-0.1, -0.05) is 22.9 Å². The highest BCUT2D eigenvalue weighted by atomic mass is 32.2. The van der Waals surface area contributed by atoms with E-state index in [0.717, 1.165) is 11.5 Å². The highest BCUT2D eigenvalue weighted by molar-refractivity contribution is 8.14. The van der Waals surface area contributed by atoms with E-state index in [4.69, 9.17) is 0 Å². The molecular weight excluding hydrogens is 188 g/mol.